The molecule has 0 aliphatic rings. The summed E-state index contributed by atoms with van der Waals surface area (Å²) in [5, 5.41) is 10.1. The second-order valence-corrected chi connectivity index (χ2v) is 5.26. The maximum Gasteiger partial charge on any atom is 0.143 e. The molecule has 0 unspecified atom stereocenters. The Hall–Kier alpha value is -1.15. The molecule has 2 heteroatoms. The van der Waals surface area contributed by atoms with E-state index >= 15 is 0 Å². The maximum atomic E-state index is 12.0. The minimum absolute atomic E-state index is 0.0869. The predicted octanol–water partition coefficient (Wildman–Crippen LogP) is 2.97. The van der Waals surface area contributed by atoms with Crippen LogP contribution in [0, 0.1) is 11.3 Å². The number of hydrogen-bond acceptors (Lipinski definition) is 2. The number of ketones is 1. The standard InChI is InChI=1S/C14H20O2/c1-10(13(16)14(2,3)4)12(15)11-8-6-5-7-9-11/h5-10,12,15H,1-4H3/t10-,12+/m0/s1. The summed E-state index contributed by atoms with van der Waals surface area (Å²) in [6, 6.07) is 9.32. The predicted molar refractivity (Wildman–Crippen MR) is 65.0 cm³/mol. The third kappa shape index (κ3) is 2.92. The van der Waals surface area contributed by atoms with Gasteiger partial charge in [0.1, 0.15) is 5.78 Å². The van der Waals surface area contributed by atoms with Crippen LogP contribution in [0.4, 0.5) is 0 Å². The van der Waals surface area contributed by atoms with Gasteiger partial charge in [0, 0.05) is 11.3 Å². The van der Waals surface area contributed by atoms with E-state index in [9.17, 15) is 9.90 Å². The molecule has 0 bridgehead atoms. The Morgan fingerprint density at radius 1 is 1.19 bits per heavy atom. The van der Waals surface area contributed by atoms with Crippen LogP contribution in [0.2, 0.25) is 0 Å². The van der Waals surface area contributed by atoms with Crippen molar-refractivity contribution in [2.75, 3.05) is 0 Å². The van der Waals surface area contributed by atoms with Crippen molar-refractivity contribution in [3.63, 3.8) is 0 Å². The van der Waals surface area contributed by atoms with Gasteiger partial charge in [-0.05, 0) is 5.56 Å². The summed E-state index contributed by atoms with van der Waals surface area (Å²) in [4.78, 5) is 12.0. The molecule has 1 aromatic rings. The quantitative estimate of drug-likeness (QED) is 0.850. The molecule has 0 saturated heterocycles. The smallest absolute Gasteiger partial charge is 0.143 e. The van der Waals surface area contributed by atoms with Gasteiger partial charge < -0.3 is 5.11 Å². The molecule has 1 N–H and O–H groups in total. The van der Waals surface area contributed by atoms with Crippen molar-refractivity contribution in [2.24, 2.45) is 11.3 Å². The molecule has 0 fully saturated rings. The average Bonchev–Trinajstić information content (AvgIpc) is 2.26. The summed E-state index contributed by atoms with van der Waals surface area (Å²) >= 11 is 0. The molecule has 0 heterocycles. The Morgan fingerprint density at radius 2 is 1.69 bits per heavy atom. The lowest BCUT2D eigenvalue weighted by Gasteiger charge is -2.25. The first-order valence-corrected chi connectivity index (χ1v) is 5.61. The van der Waals surface area contributed by atoms with Gasteiger partial charge in [-0.2, -0.15) is 0 Å². The van der Waals surface area contributed by atoms with Crippen LogP contribution in [0.15, 0.2) is 30.3 Å². The number of carbonyl (C=O) groups is 1. The van der Waals surface area contributed by atoms with Crippen molar-refractivity contribution >= 4 is 5.78 Å². The lowest BCUT2D eigenvalue weighted by molar-refractivity contribution is -0.133. The maximum absolute atomic E-state index is 12.0. The molecule has 0 aliphatic heterocycles. The van der Waals surface area contributed by atoms with Gasteiger partial charge in [0.15, 0.2) is 0 Å². The van der Waals surface area contributed by atoms with E-state index in [1.165, 1.54) is 0 Å². The molecule has 0 saturated carbocycles. The lowest BCUT2D eigenvalue weighted by Crippen LogP contribution is -2.30. The third-order valence-electron chi connectivity index (χ3n) is 2.77. The highest BCUT2D eigenvalue weighted by Gasteiger charge is 2.31. The van der Waals surface area contributed by atoms with Gasteiger partial charge in [-0.1, -0.05) is 58.0 Å². The lowest BCUT2D eigenvalue weighted by atomic mass is 9.80. The molecule has 0 amide bonds. The number of benzene rings is 1. The van der Waals surface area contributed by atoms with Crippen molar-refractivity contribution in [3.05, 3.63) is 35.9 Å². The zero-order chi connectivity index (χ0) is 12.3. The zero-order valence-corrected chi connectivity index (χ0v) is 10.4. The van der Waals surface area contributed by atoms with Crippen LogP contribution < -0.4 is 0 Å². The molecule has 0 radical (unpaired) electrons. The van der Waals surface area contributed by atoms with Crippen LogP contribution in [0.25, 0.3) is 0 Å². The molecule has 2 atom stereocenters. The molecule has 2 nitrogen and oxygen atoms in total. The number of carbonyl (C=O) groups excluding carboxylic acids is 1. The van der Waals surface area contributed by atoms with E-state index in [1.807, 2.05) is 51.1 Å². The Balaban J connectivity index is 2.83. The molecule has 0 aliphatic carbocycles. The number of rotatable bonds is 3. The first kappa shape index (κ1) is 12.9. The van der Waals surface area contributed by atoms with Crippen molar-refractivity contribution in [2.45, 2.75) is 33.8 Å². The Morgan fingerprint density at radius 3 is 2.12 bits per heavy atom. The normalized spacial score (nSPS) is 15.6. The topological polar surface area (TPSA) is 37.3 Å². The summed E-state index contributed by atoms with van der Waals surface area (Å²) in [6.07, 6.45) is -0.715. The molecule has 88 valence electrons. The molecule has 0 spiro atoms. The van der Waals surface area contributed by atoms with E-state index in [0.717, 1.165) is 5.56 Å². The van der Waals surface area contributed by atoms with E-state index in [2.05, 4.69) is 0 Å². The van der Waals surface area contributed by atoms with Crippen molar-refractivity contribution in [3.8, 4) is 0 Å². The fourth-order valence-electron chi connectivity index (χ4n) is 1.77. The van der Waals surface area contributed by atoms with Crippen LogP contribution in [0.1, 0.15) is 39.4 Å². The van der Waals surface area contributed by atoms with Gasteiger partial charge in [0.25, 0.3) is 0 Å². The Labute approximate surface area is 97.3 Å². The van der Waals surface area contributed by atoms with Crippen LogP contribution in [-0.2, 0) is 4.79 Å². The summed E-state index contributed by atoms with van der Waals surface area (Å²) in [7, 11) is 0. The van der Waals surface area contributed by atoms with Gasteiger partial charge >= 0.3 is 0 Å². The van der Waals surface area contributed by atoms with Gasteiger partial charge in [-0.15, -0.1) is 0 Å². The largest absolute Gasteiger partial charge is 0.388 e. The van der Waals surface area contributed by atoms with Crippen LogP contribution in [-0.4, -0.2) is 10.9 Å². The third-order valence-corrected chi connectivity index (χ3v) is 2.77. The van der Waals surface area contributed by atoms with Gasteiger partial charge in [-0.25, -0.2) is 0 Å². The molecule has 16 heavy (non-hydrogen) atoms. The number of aliphatic hydroxyl groups excluding tert-OH is 1. The van der Waals surface area contributed by atoms with Crippen LogP contribution >= 0.6 is 0 Å². The van der Waals surface area contributed by atoms with Crippen molar-refractivity contribution in [1.29, 1.82) is 0 Å². The molecular formula is C14H20O2. The van der Waals surface area contributed by atoms with E-state index in [-0.39, 0.29) is 11.7 Å². The highest BCUT2D eigenvalue weighted by Crippen LogP contribution is 2.29. The van der Waals surface area contributed by atoms with E-state index in [4.69, 9.17) is 0 Å². The van der Waals surface area contributed by atoms with E-state index in [1.54, 1.807) is 6.92 Å². The molecule has 1 aromatic carbocycles. The summed E-state index contributed by atoms with van der Waals surface area (Å²) in [5.74, 6) is -0.286. The second-order valence-electron chi connectivity index (χ2n) is 5.26. The number of aliphatic hydroxyl groups is 1. The average molecular weight is 220 g/mol. The summed E-state index contributed by atoms with van der Waals surface area (Å²) < 4.78 is 0. The minimum Gasteiger partial charge on any atom is -0.388 e. The number of Topliss-reactive ketones (excluding diaryl/α,β-unsaturated/α-hetero) is 1. The van der Waals surface area contributed by atoms with Crippen LogP contribution in [0.3, 0.4) is 0 Å². The molecule has 0 aromatic heterocycles. The van der Waals surface area contributed by atoms with E-state index in [0.29, 0.717) is 0 Å². The first-order chi connectivity index (χ1) is 7.34. The van der Waals surface area contributed by atoms with E-state index < -0.39 is 11.5 Å². The van der Waals surface area contributed by atoms with Crippen molar-refractivity contribution in [1.82, 2.24) is 0 Å². The second kappa shape index (κ2) is 4.79. The highest BCUT2D eigenvalue weighted by molar-refractivity contribution is 5.86. The monoisotopic (exact) mass is 220 g/mol. The van der Waals surface area contributed by atoms with Gasteiger partial charge in [0.2, 0.25) is 0 Å². The van der Waals surface area contributed by atoms with Crippen molar-refractivity contribution < 1.29 is 9.90 Å². The Bertz CT molecular complexity index is 349. The fraction of sp³-hybridized carbons (Fsp3) is 0.500. The Kier molecular flexibility index (Phi) is 3.87. The minimum atomic E-state index is -0.715. The summed E-state index contributed by atoms with van der Waals surface area (Å²) in [5.41, 5.74) is 0.391. The number of hydrogen-bond donors (Lipinski definition) is 1. The highest BCUT2D eigenvalue weighted by atomic mass is 16.3. The molecule has 1 rings (SSSR count). The first-order valence-electron chi connectivity index (χ1n) is 5.61. The zero-order valence-electron chi connectivity index (χ0n) is 10.4. The van der Waals surface area contributed by atoms with Gasteiger partial charge in [-0.3, -0.25) is 4.79 Å². The van der Waals surface area contributed by atoms with Crippen LogP contribution in [0.5, 0.6) is 0 Å². The SMILES string of the molecule is C[C@H](C(=O)C(C)(C)C)[C@@H](O)c1ccccc1. The van der Waals surface area contributed by atoms with Gasteiger partial charge in [0.05, 0.1) is 6.10 Å². The fourth-order valence-corrected chi connectivity index (χ4v) is 1.77. The summed E-state index contributed by atoms with van der Waals surface area (Å²) in [6.45, 7) is 7.42. The molecular weight excluding hydrogens is 200 g/mol.